The fraction of sp³-hybridized carbons (Fsp3) is 0.0426. The van der Waals surface area contributed by atoms with Gasteiger partial charge in [-0.1, -0.05) is 127 Å². The minimum atomic E-state index is 0.941. The first kappa shape index (κ1) is 28.6. The van der Waals surface area contributed by atoms with E-state index >= 15 is 0 Å². The lowest BCUT2D eigenvalue weighted by Crippen LogP contribution is -1.95. The highest BCUT2D eigenvalue weighted by molar-refractivity contribution is 6.22. The summed E-state index contributed by atoms with van der Waals surface area (Å²) in [5, 5.41) is 8.37. The molecule has 0 amide bonds. The van der Waals surface area contributed by atoms with Crippen LogP contribution in [0.3, 0.4) is 0 Å². The number of fused-ring (bicyclic) bond motifs is 9. The maximum absolute atomic E-state index is 5.21. The van der Waals surface area contributed by atoms with E-state index in [4.69, 9.17) is 9.97 Å². The lowest BCUT2D eigenvalue weighted by molar-refractivity contribution is 0.998. The largest absolute Gasteiger partial charge is 0.254 e. The van der Waals surface area contributed by atoms with Crippen molar-refractivity contribution in [2.75, 3.05) is 0 Å². The summed E-state index contributed by atoms with van der Waals surface area (Å²) in [6, 6.07) is 47.9. The Bertz CT molecular complexity index is 2850. The second kappa shape index (κ2) is 11.6. The van der Waals surface area contributed by atoms with Gasteiger partial charge in [0, 0.05) is 44.9 Å². The third-order valence-electron chi connectivity index (χ3n) is 10.2. The van der Waals surface area contributed by atoms with Crippen molar-refractivity contribution in [3.05, 3.63) is 175 Å². The molecule has 3 heteroatoms. The van der Waals surface area contributed by atoms with E-state index in [1.807, 2.05) is 18.5 Å². The highest BCUT2D eigenvalue weighted by Crippen LogP contribution is 2.38. The molecular formula is C47H31N3. The van der Waals surface area contributed by atoms with E-state index in [2.05, 4.69) is 151 Å². The van der Waals surface area contributed by atoms with Gasteiger partial charge in [0.05, 0.1) is 22.2 Å². The molecule has 1 aliphatic carbocycles. The first-order valence-corrected chi connectivity index (χ1v) is 17.2. The lowest BCUT2D eigenvalue weighted by Gasteiger charge is -2.15. The van der Waals surface area contributed by atoms with Crippen molar-refractivity contribution in [3.8, 4) is 22.4 Å². The molecule has 3 nitrogen and oxygen atoms in total. The van der Waals surface area contributed by atoms with Crippen LogP contribution < -0.4 is 0 Å². The number of aryl methyl sites for hydroxylation is 1. The van der Waals surface area contributed by atoms with Gasteiger partial charge >= 0.3 is 0 Å². The number of hydrogen-bond donors (Lipinski definition) is 0. The maximum atomic E-state index is 5.21. The highest BCUT2D eigenvalue weighted by atomic mass is 14.7. The van der Waals surface area contributed by atoms with Crippen LogP contribution in [-0.2, 0) is 6.42 Å². The molecule has 0 atom stereocenters. The van der Waals surface area contributed by atoms with Crippen LogP contribution in [0.4, 0.5) is 0 Å². The van der Waals surface area contributed by atoms with Crippen molar-refractivity contribution >= 4 is 65.9 Å². The minimum Gasteiger partial charge on any atom is -0.254 e. The van der Waals surface area contributed by atoms with Crippen molar-refractivity contribution < 1.29 is 0 Å². The van der Waals surface area contributed by atoms with Gasteiger partial charge in [-0.05, 0) is 81.3 Å². The Hall–Kier alpha value is -6.45. The van der Waals surface area contributed by atoms with E-state index < -0.39 is 0 Å². The number of allylic oxidation sites excluding steroid dienone is 3. The molecule has 10 rings (SSSR count). The zero-order chi connectivity index (χ0) is 33.0. The SMILES string of the molecule is C1=Cc2cc(-c3ccnc4c3ccc3cccnc34)ccc2CCC=C1c1ccc(-c2nc3ccccc3c3c2ccc2ccccc23)cc1. The van der Waals surface area contributed by atoms with Crippen LogP contribution in [0, 0.1) is 0 Å². The van der Waals surface area contributed by atoms with Crippen molar-refractivity contribution in [1.29, 1.82) is 0 Å². The molecule has 0 aliphatic heterocycles. The predicted octanol–water partition coefficient (Wildman–Crippen LogP) is 12.0. The van der Waals surface area contributed by atoms with Crippen molar-refractivity contribution in [2.45, 2.75) is 12.8 Å². The molecule has 9 aromatic rings. The molecule has 6 aromatic carbocycles. The van der Waals surface area contributed by atoms with E-state index in [1.54, 1.807) is 0 Å². The quantitative estimate of drug-likeness (QED) is 0.181. The van der Waals surface area contributed by atoms with Crippen LogP contribution >= 0.6 is 0 Å². The van der Waals surface area contributed by atoms with Crippen molar-refractivity contribution in [1.82, 2.24) is 15.0 Å². The summed E-state index contributed by atoms with van der Waals surface area (Å²) < 4.78 is 0. The fourth-order valence-electron chi connectivity index (χ4n) is 7.76. The van der Waals surface area contributed by atoms with Crippen LogP contribution in [0.2, 0.25) is 0 Å². The van der Waals surface area contributed by atoms with Crippen LogP contribution in [0.1, 0.15) is 23.1 Å². The Morgan fingerprint density at radius 1 is 0.500 bits per heavy atom. The van der Waals surface area contributed by atoms with Gasteiger partial charge < -0.3 is 0 Å². The summed E-state index contributed by atoms with van der Waals surface area (Å²) in [7, 11) is 0. The Labute approximate surface area is 289 Å². The smallest absolute Gasteiger partial charge is 0.0970 e. The molecular weight excluding hydrogens is 607 g/mol. The van der Waals surface area contributed by atoms with E-state index in [0.717, 1.165) is 51.4 Å². The second-order valence-corrected chi connectivity index (χ2v) is 13.1. The van der Waals surface area contributed by atoms with E-state index in [1.165, 1.54) is 60.3 Å². The van der Waals surface area contributed by atoms with Gasteiger partial charge in [0.25, 0.3) is 0 Å². The number of pyridine rings is 3. The molecule has 0 bridgehead atoms. The predicted molar refractivity (Wildman–Crippen MR) is 210 cm³/mol. The molecule has 0 spiro atoms. The van der Waals surface area contributed by atoms with Gasteiger partial charge in [0.2, 0.25) is 0 Å². The molecule has 0 saturated carbocycles. The van der Waals surface area contributed by atoms with Crippen LogP contribution in [-0.4, -0.2) is 15.0 Å². The van der Waals surface area contributed by atoms with Crippen molar-refractivity contribution in [3.63, 3.8) is 0 Å². The van der Waals surface area contributed by atoms with Crippen LogP contribution in [0.5, 0.6) is 0 Å². The zero-order valence-electron chi connectivity index (χ0n) is 27.3. The second-order valence-electron chi connectivity index (χ2n) is 13.1. The van der Waals surface area contributed by atoms with E-state index in [9.17, 15) is 0 Å². The summed E-state index contributed by atoms with van der Waals surface area (Å²) in [6.45, 7) is 0. The monoisotopic (exact) mass is 637 g/mol. The Balaban J connectivity index is 1.01. The number of rotatable bonds is 3. The Morgan fingerprint density at radius 2 is 1.26 bits per heavy atom. The normalized spacial score (nSPS) is 13.1. The maximum Gasteiger partial charge on any atom is 0.0970 e. The zero-order valence-corrected chi connectivity index (χ0v) is 27.3. The van der Waals surface area contributed by atoms with Gasteiger partial charge in [0.15, 0.2) is 0 Å². The molecule has 0 radical (unpaired) electrons. The van der Waals surface area contributed by atoms with Crippen LogP contribution in [0.15, 0.2) is 158 Å². The number of para-hydroxylation sites is 1. The first-order valence-electron chi connectivity index (χ1n) is 17.2. The molecule has 0 unspecified atom stereocenters. The van der Waals surface area contributed by atoms with E-state index in [-0.39, 0.29) is 0 Å². The third kappa shape index (κ3) is 4.70. The first-order chi connectivity index (χ1) is 24.8. The number of benzene rings is 6. The fourth-order valence-corrected chi connectivity index (χ4v) is 7.76. The molecule has 50 heavy (non-hydrogen) atoms. The number of nitrogens with zero attached hydrogens (tertiary/aromatic N) is 3. The highest BCUT2D eigenvalue weighted by Gasteiger charge is 2.15. The molecule has 3 heterocycles. The van der Waals surface area contributed by atoms with Gasteiger partial charge in [0.1, 0.15) is 0 Å². The molecule has 0 fully saturated rings. The summed E-state index contributed by atoms with van der Waals surface area (Å²) in [5.41, 5.74) is 12.5. The average molecular weight is 638 g/mol. The summed E-state index contributed by atoms with van der Waals surface area (Å²) >= 11 is 0. The molecule has 1 aliphatic rings. The van der Waals surface area contributed by atoms with Gasteiger partial charge in [-0.25, -0.2) is 4.98 Å². The summed E-state index contributed by atoms with van der Waals surface area (Å²) in [6.07, 6.45) is 12.6. The van der Waals surface area contributed by atoms with E-state index in [0.29, 0.717) is 0 Å². The van der Waals surface area contributed by atoms with Crippen molar-refractivity contribution in [2.24, 2.45) is 0 Å². The van der Waals surface area contributed by atoms with Gasteiger partial charge in [-0.15, -0.1) is 0 Å². The van der Waals surface area contributed by atoms with Gasteiger partial charge in [-0.3, -0.25) is 9.97 Å². The number of hydrogen-bond acceptors (Lipinski definition) is 3. The molecule has 3 aromatic heterocycles. The van der Waals surface area contributed by atoms with Crippen LogP contribution in [0.25, 0.3) is 88.3 Å². The molecule has 0 N–H and O–H groups in total. The average Bonchev–Trinajstić information content (AvgIpc) is 3.17. The van der Waals surface area contributed by atoms with Gasteiger partial charge in [-0.2, -0.15) is 0 Å². The number of aromatic nitrogens is 3. The topological polar surface area (TPSA) is 38.7 Å². The standard InChI is InChI=1S/C47H31N3/c1-2-11-39-33(7-1)22-25-42-44(39)41-12-3-4-13-43(41)50-45(42)35-18-14-32(15-19-35)30-8-5-9-31-17-21-37(29-36(31)20-16-30)38-26-28-49-47-40(38)24-23-34-10-6-27-48-46(34)47/h1-4,6-8,10-29H,5,9H2. The third-order valence-corrected chi connectivity index (χ3v) is 10.2. The Kier molecular flexibility index (Phi) is 6.63. The Morgan fingerprint density at radius 3 is 2.20 bits per heavy atom. The molecule has 0 saturated heterocycles. The lowest BCUT2D eigenvalue weighted by atomic mass is 9.91. The molecule has 234 valence electrons. The summed E-state index contributed by atoms with van der Waals surface area (Å²) in [4.78, 5) is 14.6. The minimum absolute atomic E-state index is 0.941. The summed E-state index contributed by atoms with van der Waals surface area (Å²) in [5.74, 6) is 0.